The zero-order chi connectivity index (χ0) is 37.1. The number of fused-ring (bicyclic) bond motifs is 9. The molecule has 2 nitrogen and oxygen atoms in total. The average Bonchev–Trinajstić information content (AvgIpc) is 3.77. The van der Waals surface area contributed by atoms with Gasteiger partial charge in [-0.15, -0.1) is 0 Å². The van der Waals surface area contributed by atoms with Gasteiger partial charge in [-0.05, 0) is 144 Å². The quantitative estimate of drug-likeness (QED) is 0.133. The molecule has 2 heteroatoms. The average molecular weight is 705 g/mol. The third-order valence-electron chi connectivity index (χ3n) is 12.1. The van der Waals surface area contributed by atoms with Crippen molar-refractivity contribution in [3.05, 3.63) is 187 Å². The summed E-state index contributed by atoms with van der Waals surface area (Å²) in [6.07, 6.45) is 0. The van der Waals surface area contributed by atoms with Gasteiger partial charge in [0.05, 0.1) is 18.2 Å². The maximum Gasteiger partial charge on any atom is 0.187 e. The molecule has 56 heavy (non-hydrogen) atoms. The smallest absolute Gasteiger partial charge is 0.187 e. The standard InChI is InChI=1S/C54H28N2/c1-56-35-16-7-15-34(28-35)48-47-29-46-39-19-5-4-18-38(39)41-21-9-23-43(51(41)46)52(47)49(33-14-6-11-31(27-33)30-55)54-45-26-25-40(42-22-10-24-44(50(42)45)53(48)54)37-20-8-13-32-12-2-3-17-36(32)37/h2-29H. The van der Waals surface area contributed by atoms with Crippen LogP contribution in [0.3, 0.4) is 0 Å². The second-order valence-corrected chi connectivity index (χ2v) is 14.9. The number of nitriles is 1. The van der Waals surface area contributed by atoms with Crippen LogP contribution in [0, 0.1) is 17.9 Å². The second-order valence-electron chi connectivity index (χ2n) is 14.9. The third-order valence-corrected chi connectivity index (χ3v) is 12.1. The van der Waals surface area contributed by atoms with Crippen LogP contribution in [0.1, 0.15) is 5.56 Å². The van der Waals surface area contributed by atoms with Crippen LogP contribution >= 0.6 is 0 Å². The van der Waals surface area contributed by atoms with Crippen LogP contribution in [0.4, 0.5) is 5.69 Å². The molecule has 12 aromatic carbocycles. The van der Waals surface area contributed by atoms with Gasteiger partial charge < -0.3 is 0 Å². The Hall–Kier alpha value is -7.78. The van der Waals surface area contributed by atoms with Crippen molar-refractivity contribution >= 4 is 91.9 Å². The first-order chi connectivity index (χ1) is 27.7. The van der Waals surface area contributed by atoms with E-state index in [0.29, 0.717) is 11.3 Å². The van der Waals surface area contributed by atoms with E-state index in [2.05, 4.69) is 157 Å². The Morgan fingerprint density at radius 3 is 1.77 bits per heavy atom. The van der Waals surface area contributed by atoms with E-state index >= 15 is 0 Å². The van der Waals surface area contributed by atoms with E-state index in [1.54, 1.807) is 0 Å². The first kappa shape index (κ1) is 30.7. The maximum absolute atomic E-state index is 10.2. The van der Waals surface area contributed by atoms with Crippen LogP contribution in [0.5, 0.6) is 0 Å². The van der Waals surface area contributed by atoms with Crippen molar-refractivity contribution in [2.75, 3.05) is 0 Å². The molecule has 0 bridgehead atoms. The Morgan fingerprint density at radius 1 is 0.375 bits per heavy atom. The van der Waals surface area contributed by atoms with Gasteiger partial charge >= 0.3 is 0 Å². The Kier molecular flexibility index (Phi) is 6.22. The molecule has 0 saturated heterocycles. The van der Waals surface area contributed by atoms with Crippen LogP contribution in [-0.2, 0) is 0 Å². The first-order valence-corrected chi connectivity index (χ1v) is 18.9. The zero-order valence-electron chi connectivity index (χ0n) is 30.1. The Labute approximate surface area is 322 Å². The molecular weight excluding hydrogens is 677 g/mol. The third kappa shape index (κ3) is 4.03. The van der Waals surface area contributed by atoms with Crippen molar-refractivity contribution in [2.24, 2.45) is 0 Å². The van der Waals surface area contributed by atoms with Gasteiger partial charge in [0.25, 0.3) is 0 Å². The van der Waals surface area contributed by atoms with Gasteiger partial charge in [0.15, 0.2) is 5.69 Å². The minimum absolute atomic E-state index is 0.611. The Balaban J connectivity index is 1.38. The largest absolute Gasteiger partial charge is 0.238 e. The molecule has 0 unspecified atom stereocenters. The summed E-state index contributed by atoms with van der Waals surface area (Å²) in [6, 6.07) is 63.1. The lowest BCUT2D eigenvalue weighted by Crippen LogP contribution is -1.92. The monoisotopic (exact) mass is 704 g/mol. The number of nitrogens with zero attached hydrogens (tertiary/aromatic N) is 2. The van der Waals surface area contributed by atoms with E-state index in [0.717, 1.165) is 33.0 Å². The minimum Gasteiger partial charge on any atom is -0.238 e. The van der Waals surface area contributed by atoms with Gasteiger partial charge in [0.2, 0.25) is 0 Å². The molecule has 0 aromatic heterocycles. The van der Waals surface area contributed by atoms with Crippen molar-refractivity contribution in [1.29, 1.82) is 5.26 Å². The number of hydrogen-bond donors (Lipinski definition) is 0. The molecule has 0 fully saturated rings. The zero-order valence-corrected chi connectivity index (χ0v) is 30.1. The summed E-state index contributed by atoms with van der Waals surface area (Å²) in [5, 5.41) is 29.5. The summed E-state index contributed by atoms with van der Waals surface area (Å²) >= 11 is 0. The molecule has 0 aliphatic heterocycles. The van der Waals surface area contributed by atoms with E-state index in [9.17, 15) is 5.26 Å². The molecule has 254 valence electrons. The van der Waals surface area contributed by atoms with E-state index in [-0.39, 0.29) is 0 Å². The summed E-state index contributed by atoms with van der Waals surface area (Å²) in [6.45, 7) is 8.02. The van der Waals surface area contributed by atoms with Crippen LogP contribution in [-0.4, -0.2) is 0 Å². The van der Waals surface area contributed by atoms with Crippen molar-refractivity contribution in [2.45, 2.75) is 0 Å². The van der Waals surface area contributed by atoms with Crippen LogP contribution in [0.25, 0.3) is 124 Å². The van der Waals surface area contributed by atoms with E-state index in [1.807, 2.05) is 24.3 Å². The molecule has 0 aliphatic rings. The number of rotatable bonds is 3. The molecule has 12 rings (SSSR count). The first-order valence-electron chi connectivity index (χ1n) is 18.9. The summed E-state index contributed by atoms with van der Waals surface area (Å²) in [5.74, 6) is 0. The molecule has 12 aromatic rings. The van der Waals surface area contributed by atoms with Crippen LogP contribution in [0.2, 0.25) is 0 Å². The van der Waals surface area contributed by atoms with E-state index in [1.165, 1.54) is 86.5 Å². The summed E-state index contributed by atoms with van der Waals surface area (Å²) in [4.78, 5) is 3.90. The summed E-state index contributed by atoms with van der Waals surface area (Å²) in [5.41, 5.74) is 7.95. The molecule has 0 amide bonds. The Morgan fingerprint density at radius 2 is 0.946 bits per heavy atom. The summed E-state index contributed by atoms with van der Waals surface area (Å²) in [7, 11) is 0. The van der Waals surface area contributed by atoms with Crippen LogP contribution < -0.4 is 0 Å². The highest BCUT2D eigenvalue weighted by Gasteiger charge is 2.27. The summed E-state index contributed by atoms with van der Waals surface area (Å²) < 4.78 is 0. The molecule has 0 aliphatic carbocycles. The second kappa shape index (κ2) is 11.4. The van der Waals surface area contributed by atoms with Gasteiger partial charge in [0, 0.05) is 0 Å². The molecular formula is C54H28N2. The fraction of sp³-hybridized carbons (Fsp3) is 0. The number of benzene rings is 10. The van der Waals surface area contributed by atoms with Crippen molar-refractivity contribution < 1.29 is 0 Å². The van der Waals surface area contributed by atoms with Crippen molar-refractivity contribution in [1.82, 2.24) is 0 Å². The molecule has 0 spiro atoms. The van der Waals surface area contributed by atoms with Crippen LogP contribution in [0.15, 0.2) is 170 Å². The lowest BCUT2D eigenvalue weighted by atomic mass is 9.83. The fourth-order valence-electron chi connectivity index (χ4n) is 9.97. The normalized spacial score (nSPS) is 11.9. The van der Waals surface area contributed by atoms with Gasteiger partial charge in [0.1, 0.15) is 0 Å². The Bertz CT molecular complexity index is 3720. The van der Waals surface area contributed by atoms with E-state index < -0.39 is 0 Å². The fourth-order valence-corrected chi connectivity index (χ4v) is 9.97. The lowest BCUT2D eigenvalue weighted by Gasteiger charge is -2.19. The molecule has 0 N–H and O–H groups in total. The number of hydrogen-bond acceptors (Lipinski definition) is 1. The lowest BCUT2D eigenvalue weighted by molar-refractivity contribution is 1.49. The highest BCUT2D eigenvalue weighted by atomic mass is 14.6. The predicted molar refractivity (Wildman–Crippen MR) is 236 cm³/mol. The molecule has 0 atom stereocenters. The van der Waals surface area contributed by atoms with Crippen molar-refractivity contribution in [3.8, 4) is 39.4 Å². The van der Waals surface area contributed by atoms with Gasteiger partial charge in [-0.2, -0.15) is 5.26 Å². The van der Waals surface area contributed by atoms with Gasteiger partial charge in [-0.3, -0.25) is 0 Å². The molecule has 0 radical (unpaired) electrons. The highest BCUT2D eigenvalue weighted by molar-refractivity contribution is 6.45. The van der Waals surface area contributed by atoms with Crippen molar-refractivity contribution in [3.63, 3.8) is 0 Å². The molecule has 0 heterocycles. The maximum atomic E-state index is 10.2. The highest BCUT2D eigenvalue weighted by Crippen LogP contribution is 2.55. The topological polar surface area (TPSA) is 28.1 Å². The van der Waals surface area contributed by atoms with Gasteiger partial charge in [-0.25, -0.2) is 4.85 Å². The minimum atomic E-state index is 0.611. The SMILES string of the molecule is [C-]#[N+]c1cccc(-c2c3cc4c5ccccc5c5cccc(c3c(-c3cccc(C#N)c3)c3c6ccc(-c7cccc8ccccc78)c7cccc(c23)c76)c54)c1. The predicted octanol–water partition coefficient (Wildman–Crippen LogP) is 15.2. The molecule has 0 saturated carbocycles. The van der Waals surface area contributed by atoms with Gasteiger partial charge in [-0.1, -0.05) is 146 Å². The van der Waals surface area contributed by atoms with E-state index in [4.69, 9.17) is 6.57 Å².